The average Bonchev–Trinajstić information content (AvgIpc) is 3.35. The number of carbonyl (C=O) groups excluding carboxylic acids is 1. The fourth-order valence-electron chi connectivity index (χ4n) is 3.75. The van der Waals surface area contributed by atoms with Gasteiger partial charge in [-0.15, -0.1) is 0 Å². The summed E-state index contributed by atoms with van der Waals surface area (Å²) in [6.07, 6.45) is 3.37. The van der Waals surface area contributed by atoms with Crippen LogP contribution in [0.2, 0.25) is 0 Å². The molecule has 0 radical (unpaired) electrons. The van der Waals surface area contributed by atoms with Crippen LogP contribution < -0.4 is 0 Å². The molecule has 5 atom stereocenters. The molecule has 3 aliphatic rings. The van der Waals surface area contributed by atoms with Crippen LogP contribution in [0, 0.1) is 5.92 Å². The van der Waals surface area contributed by atoms with Crippen molar-refractivity contribution in [2.75, 3.05) is 32.4 Å². The molecule has 29 heavy (non-hydrogen) atoms. The summed E-state index contributed by atoms with van der Waals surface area (Å²) in [7, 11) is 0. The molecule has 2 N–H and O–H groups in total. The van der Waals surface area contributed by atoms with Crippen molar-refractivity contribution < 1.29 is 42.8 Å². The summed E-state index contributed by atoms with van der Waals surface area (Å²) >= 11 is 0.794. The lowest BCUT2D eigenvalue weighted by atomic mass is 9.89. The van der Waals surface area contributed by atoms with Gasteiger partial charge in [0.1, 0.15) is 18.1 Å². The van der Waals surface area contributed by atoms with Crippen molar-refractivity contribution in [3.8, 4) is 0 Å². The number of aliphatic hydroxyl groups excluding tert-OH is 2. The van der Waals surface area contributed by atoms with Crippen LogP contribution in [0.5, 0.6) is 0 Å². The lowest BCUT2D eigenvalue weighted by Crippen LogP contribution is -2.29. The van der Waals surface area contributed by atoms with Crippen LogP contribution in [-0.2, 0) is 32.6 Å². The first kappa shape index (κ1) is 23.5. The fourth-order valence-corrected chi connectivity index (χ4v) is 6.61. The van der Waals surface area contributed by atoms with E-state index in [-0.39, 0.29) is 31.0 Å². The number of esters is 1. The van der Waals surface area contributed by atoms with E-state index in [1.54, 1.807) is 0 Å². The van der Waals surface area contributed by atoms with Gasteiger partial charge in [-0.1, -0.05) is 19.3 Å². The van der Waals surface area contributed by atoms with E-state index in [9.17, 15) is 19.6 Å². The van der Waals surface area contributed by atoms with E-state index >= 15 is 0 Å². The highest BCUT2D eigenvalue weighted by Gasteiger charge is 2.39. The second-order valence-corrected chi connectivity index (χ2v) is 11.6. The molecule has 1 aliphatic carbocycles. The van der Waals surface area contributed by atoms with E-state index in [0.717, 1.165) is 43.5 Å². The monoisotopic (exact) mass is 454 g/mol. The third kappa shape index (κ3) is 6.90. The van der Waals surface area contributed by atoms with Crippen molar-refractivity contribution in [3.63, 3.8) is 0 Å². The van der Waals surface area contributed by atoms with E-state index in [2.05, 4.69) is 0 Å². The highest BCUT2D eigenvalue weighted by Crippen LogP contribution is 2.62. The summed E-state index contributed by atoms with van der Waals surface area (Å²) in [5.41, 5.74) is 0. The van der Waals surface area contributed by atoms with Gasteiger partial charge in [0.2, 0.25) is 0 Å². The van der Waals surface area contributed by atoms with Gasteiger partial charge in [0, 0.05) is 31.0 Å². The van der Waals surface area contributed by atoms with Crippen molar-refractivity contribution in [1.29, 1.82) is 0 Å². The van der Waals surface area contributed by atoms with E-state index in [1.807, 2.05) is 0 Å². The van der Waals surface area contributed by atoms with Gasteiger partial charge in [-0.2, -0.15) is 0 Å². The maximum atomic E-state index is 13.3. The van der Waals surface area contributed by atoms with Gasteiger partial charge in [-0.3, -0.25) is 13.8 Å². The van der Waals surface area contributed by atoms with Gasteiger partial charge < -0.3 is 24.4 Å². The van der Waals surface area contributed by atoms with Crippen LogP contribution in [0.25, 0.3) is 0 Å². The molecule has 11 heteroatoms. The first-order chi connectivity index (χ1) is 14.0. The lowest BCUT2D eigenvalue weighted by Gasteiger charge is -2.25. The molecule has 0 aromatic rings. The summed E-state index contributed by atoms with van der Waals surface area (Å²) in [4.78, 5) is 12.2. The van der Waals surface area contributed by atoms with E-state index in [0.29, 0.717) is 26.1 Å². The molecule has 0 aromatic carbocycles. The Morgan fingerprint density at radius 2 is 1.79 bits per heavy atom. The highest BCUT2D eigenvalue weighted by molar-refractivity contribution is 8.55. The van der Waals surface area contributed by atoms with Crippen molar-refractivity contribution in [3.05, 3.63) is 0 Å². The number of hydrogen-bond acceptors (Lipinski definition) is 10. The van der Waals surface area contributed by atoms with E-state index < -0.39 is 31.2 Å². The third-order valence-corrected chi connectivity index (χ3v) is 8.89. The zero-order valence-corrected chi connectivity index (χ0v) is 18.2. The minimum absolute atomic E-state index is 0.0978. The molecular weight excluding hydrogens is 423 g/mol. The predicted molar refractivity (Wildman–Crippen MR) is 105 cm³/mol. The Kier molecular flexibility index (Phi) is 9.26. The summed E-state index contributed by atoms with van der Waals surface area (Å²) < 4.78 is 40.6. The topological polar surface area (TPSA) is 121 Å². The van der Waals surface area contributed by atoms with Crippen LogP contribution in [0.15, 0.2) is 0 Å². The first-order valence-electron chi connectivity index (χ1n) is 10.3. The Balaban J connectivity index is 1.54. The normalized spacial score (nSPS) is 32.9. The maximum absolute atomic E-state index is 13.3. The summed E-state index contributed by atoms with van der Waals surface area (Å²) in [5, 5.41) is 19.3. The summed E-state index contributed by atoms with van der Waals surface area (Å²) in [6, 6.07) is 0. The molecule has 0 amide bonds. The Morgan fingerprint density at radius 1 is 1.07 bits per heavy atom. The second-order valence-electron chi connectivity index (χ2n) is 7.58. The standard InChI is InChI=1S/C18H31O9PS/c19-10-16-15(7-9-23-16)27-28(22,26-11-17-14(20)6-8-24-17)29-12-25-18(21)13-4-2-1-3-5-13/h13-17,19-20H,1-12H2/t14-,15-,16-,17-,28+/m1/s1. The van der Waals surface area contributed by atoms with Crippen LogP contribution in [-0.4, -0.2) is 73.0 Å². The molecule has 3 rings (SSSR count). The Hall–Kier alpha value is -0.190. The first-order valence-corrected chi connectivity index (χ1v) is 13.4. The molecule has 168 valence electrons. The van der Waals surface area contributed by atoms with Crippen molar-refractivity contribution in [2.45, 2.75) is 69.4 Å². The number of rotatable bonds is 10. The quantitative estimate of drug-likeness (QED) is 0.289. The highest BCUT2D eigenvalue weighted by atomic mass is 32.7. The Labute approximate surface area is 175 Å². The number of carbonyl (C=O) groups is 1. The largest absolute Gasteiger partial charge is 0.454 e. The van der Waals surface area contributed by atoms with E-state index in [1.165, 1.54) is 0 Å². The third-order valence-electron chi connectivity index (χ3n) is 5.52. The van der Waals surface area contributed by atoms with Crippen molar-refractivity contribution in [2.24, 2.45) is 5.92 Å². The fraction of sp³-hybridized carbons (Fsp3) is 0.944. The van der Waals surface area contributed by atoms with Gasteiger partial charge in [0.15, 0.2) is 0 Å². The smallest absolute Gasteiger partial charge is 0.392 e. The molecular formula is C18H31O9PS. The van der Waals surface area contributed by atoms with Gasteiger partial charge in [0.05, 0.1) is 31.3 Å². The van der Waals surface area contributed by atoms with Crippen LogP contribution in [0.1, 0.15) is 44.9 Å². The SMILES string of the molecule is O=C(OCS[P@@](=O)(OC[C@H]1OCC[C@H]1O)O[C@@H]1CCO[C@@H]1CO)C1CCCCC1. The van der Waals surface area contributed by atoms with Crippen LogP contribution in [0.3, 0.4) is 0 Å². The molecule has 2 saturated heterocycles. The summed E-state index contributed by atoms with van der Waals surface area (Å²) in [5.74, 6) is -0.539. The zero-order valence-electron chi connectivity index (χ0n) is 16.5. The Morgan fingerprint density at radius 3 is 2.48 bits per heavy atom. The van der Waals surface area contributed by atoms with Crippen molar-refractivity contribution >= 4 is 24.1 Å². The Bertz CT molecular complexity index is 572. The molecule has 3 fully saturated rings. The average molecular weight is 454 g/mol. The van der Waals surface area contributed by atoms with Gasteiger partial charge in [-0.05, 0) is 19.3 Å². The lowest BCUT2D eigenvalue weighted by molar-refractivity contribution is -0.147. The number of aliphatic hydroxyl groups is 2. The molecule has 9 nitrogen and oxygen atoms in total. The number of ether oxygens (including phenoxy) is 3. The van der Waals surface area contributed by atoms with Crippen molar-refractivity contribution in [1.82, 2.24) is 0 Å². The number of hydrogen-bond donors (Lipinski definition) is 2. The second kappa shape index (κ2) is 11.4. The maximum Gasteiger partial charge on any atom is 0.392 e. The molecule has 0 unspecified atom stereocenters. The molecule has 0 bridgehead atoms. The van der Waals surface area contributed by atoms with Crippen LogP contribution >= 0.6 is 18.2 Å². The summed E-state index contributed by atoms with van der Waals surface area (Å²) in [6.45, 7) is -3.29. The van der Waals surface area contributed by atoms with E-state index in [4.69, 9.17) is 23.3 Å². The molecule has 0 spiro atoms. The molecule has 0 aromatic heterocycles. The van der Waals surface area contributed by atoms with Gasteiger partial charge in [-0.25, -0.2) is 4.57 Å². The zero-order chi connectivity index (χ0) is 20.7. The molecule has 2 aliphatic heterocycles. The molecule has 1 saturated carbocycles. The van der Waals surface area contributed by atoms with Gasteiger partial charge >= 0.3 is 12.8 Å². The predicted octanol–water partition coefficient (Wildman–Crippen LogP) is 2.24. The van der Waals surface area contributed by atoms with Gasteiger partial charge in [0.25, 0.3) is 0 Å². The van der Waals surface area contributed by atoms with Crippen LogP contribution in [0.4, 0.5) is 0 Å². The minimum atomic E-state index is -3.74. The minimum Gasteiger partial charge on any atom is -0.454 e. The molecule has 2 heterocycles.